The zero-order valence-corrected chi connectivity index (χ0v) is 17.7. The molecule has 2 amide bonds. The monoisotopic (exact) mass is 470 g/mol. The van der Waals surface area contributed by atoms with Crippen LogP contribution >= 0.6 is 11.8 Å². The van der Waals surface area contributed by atoms with E-state index in [1.165, 1.54) is 29.4 Å². The smallest absolute Gasteiger partial charge is 0.352 e. The zero-order valence-electron chi connectivity index (χ0n) is 16.9. The van der Waals surface area contributed by atoms with Crippen molar-refractivity contribution in [1.29, 1.82) is 0 Å². The predicted octanol–water partition coefficient (Wildman–Crippen LogP) is 1.000. The van der Waals surface area contributed by atoms with E-state index in [1.54, 1.807) is 0 Å². The molecule has 1 aromatic rings. The van der Waals surface area contributed by atoms with E-state index < -0.39 is 47.3 Å². The number of hydrogen-bond acceptors (Lipinski definition) is 7. The number of hydrogen-bond donors (Lipinski definition) is 2. The summed E-state index contributed by atoms with van der Waals surface area (Å²) in [6, 6.07) is 0.351. The van der Waals surface area contributed by atoms with Crippen molar-refractivity contribution in [2.24, 2.45) is 0 Å². The highest BCUT2D eigenvalue weighted by molar-refractivity contribution is 8.00. The van der Waals surface area contributed by atoms with Gasteiger partial charge in [-0.15, -0.1) is 11.8 Å². The van der Waals surface area contributed by atoms with Gasteiger partial charge in [0.2, 0.25) is 5.91 Å². The van der Waals surface area contributed by atoms with Gasteiger partial charge in [0.25, 0.3) is 12.3 Å². The number of thioether (sulfide) groups is 1. The van der Waals surface area contributed by atoms with Gasteiger partial charge >= 0.3 is 11.9 Å². The molecule has 1 saturated carbocycles. The number of carboxylic acid groups (broad SMARTS) is 1. The number of amides is 2. The van der Waals surface area contributed by atoms with E-state index in [1.807, 2.05) is 0 Å². The average molecular weight is 470 g/mol. The van der Waals surface area contributed by atoms with Crippen LogP contribution in [0.15, 0.2) is 17.3 Å². The normalized spacial score (nSPS) is 22.5. The molecule has 4 rings (SSSR count). The number of nitrogens with zero attached hydrogens (tertiary/aromatic N) is 3. The van der Waals surface area contributed by atoms with Gasteiger partial charge in [-0.25, -0.2) is 13.6 Å². The first-order valence-electron chi connectivity index (χ1n) is 9.86. The summed E-state index contributed by atoms with van der Waals surface area (Å²) in [6.07, 6.45) is -1.07. The Hall–Kier alpha value is -2.96. The first-order valence-corrected chi connectivity index (χ1v) is 10.9. The summed E-state index contributed by atoms with van der Waals surface area (Å²) < 4.78 is 32.1. The number of esters is 1. The molecule has 2 aliphatic heterocycles. The van der Waals surface area contributed by atoms with Crippen molar-refractivity contribution in [3.05, 3.63) is 28.7 Å². The molecule has 1 aliphatic carbocycles. The molecule has 172 valence electrons. The Morgan fingerprint density at radius 2 is 2.09 bits per heavy atom. The third-order valence-corrected chi connectivity index (χ3v) is 6.70. The number of aliphatic carboxylic acids is 1. The molecule has 0 spiro atoms. The van der Waals surface area contributed by atoms with Crippen LogP contribution < -0.4 is 5.32 Å². The average Bonchev–Trinajstić information content (AvgIpc) is 3.49. The Balaban J connectivity index is 1.44. The maximum absolute atomic E-state index is 13.0. The summed E-state index contributed by atoms with van der Waals surface area (Å²) >= 11 is 1.24. The quantitative estimate of drug-likeness (QED) is 0.425. The fourth-order valence-corrected chi connectivity index (χ4v) is 5.06. The third kappa shape index (κ3) is 4.20. The molecular formula is C19H20F2N4O6S. The maximum Gasteiger partial charge on any atom is 0.352 e. The van der Waals surface area contributed by atoms with E-state index in [2.05, 4.69) is 10.4 Å². The second-order valence-corrected chi connectivity index (χ2v) is 8.82. The van der Waals surface area contributed by atoms with Gasteiger partial charge in [0.05, 0.1) is 0 Å². The molecule has 0 bridgehead atoms. The number of β-lactam (4-membered cyclic amide) rings is 1. The highest BCUT2D eigenvalue weighted by atomic mass is 32.2. The van der Waals surface area contributed by atoms with Crippen LogP contribution in [0.5, 0.6) is 0 Å². The molecule has 13 heteroatoms. The van der Waals surface area contributed by atoms with Crippen molar-refractivity contribution in [3.8, 4) is 0 Å². The first kappa shape index (κ1) is 22.2. The maximum atomic E-state index is 13.0. The summed E-state index contributed by atoms with van der Waals surface area (Å²) in [5, 5.41) is 15.3. The summed E-state index contributed by atoms with van der Waals surface area (Å²) in [7, 11) is 0. The summed E-state index contributed by atoms with van der Waals surface area (Å²) in [5.74, 6) is -2.80. The van der Waals surface area contributed by atoms with E-state index in [4.69, 9.17) is 4.74 Å². The van der Waals surface area contributed by atoms with Gasteiger partial charge in [-0.2, -0.15) is 5.10 Å². The van der Waals surface area contributed by atoms with Crippen LogP contribution in [-0.4, -0.2) is 67.3 Å². The van der Waals surface area contributed by atoms with Gasteiger partial charge in [-0.05, 0) is 18.9 Å². The van der Waals surface area contributed by atoms with Crippen molar-refractivity contribution in [2.75, 3.05) is 12.4 Å². The number of nitrogens with one attached hydrogen (secondary N) is 1. The highest BCUT2D eigenvalue weighted by Crippen LogP contribution is 2.42. The van der Waals surface area contributed by atoms with E-state index in [-0.39, 0.29) is 36.1 Å². The Morgan fingerprint density at radius 1 is 1.38 bits per heavy atom. The van der Waals surface area contributed by atoms with E-state index >= 15 is 0 Å². The Morgan fingerprint density at radius 3 is 2.69 bits per heavy atom. The second kappa shape index (κ2) is 8.52. The van der Waals surface area contributed by atoms with Gasteiger partial charge in [-0.3, -0.25) is 24.0 Å². The van der Waals surface area contributed by atoms with Crippen LogP contribution in [0.4, 0.5) is 8.78 Å². The standard InChI is InChI=1S/C19H20F2N4O6S/c1-8(26)31-6-10-7-32-18-14(17(28)25(18)15(10)19(29)30)22-13(27)5-24-12(9-2-3-9)4-11(23-24)16(20)21/h4,9,14,16,18H,2-3,5-7H2,1H3,(H,22,27)(H,29,30)/t14-,18+/m0/s1. The predicted molar refractivity (Wildman–Crippen MR) is 105 cm³/mol. The number of aromatic nitrogens is 2. The minimum atomic E-state index is -2.75. The molecule has 2 fully saturated rings. The van der Waals surface area contributed by atoms with Crippen molar-refractivity contribution in [2.45, 2.75) is 50.1 Å². The lowest BCUT2D eigenvalue weighted by Gasteiger charge is -2.49. The number of carbonyl (C=O) groups is 4. The summed E-state index contributed by atoms with van der Waals surface area (Å²) in [5.41, 5.74) is 0.202. The van der Waals surface area contributed by atoms with Crippen molar-refractivity contribution in [1.82, 2.24) is 20.0 Å². The molecular weight excluding hydrogens is 450 g/mol. The van der Waals surface area contributed by atoms with Crippen molar-refractivity contribution >= 4 is 35.5 Å². The van der Waals surface area contributed by atoms with Crippen LogP contribution in [0.3, 0.4) is 0 Å². The molecule has 0 aromatic carbocycles. The molecule has 2 N–H and O–H groups in total. The van der Waals surface area contributed by atoms with Gasteiger partial charge in [0.1, 0.15) is 36.0 Å². The Labute approximate surface area is 184 Å². The fourth-order valence-electron chi connectivity index (χ4n) is 3.73. The number of halogens is 2. The lowest BCUT2D eigenvalue weighted by Crippen LogP contribution is -2.70. The van der Waals surface area contributed by atoms with E-state index in [0.29, 0.717) is 5.69 Å². The number of alkyl halides is 2. The number of rotatable bonds is 8. The SMILES string of the molecule is CC(=O)OCC1=C(C(=O)O)N2C(=O)[C@H](NC(=O)Cn3nc(C(F)F)cc3C3CC3)[C@H]2SC1. The molecule has 1 aromatic heterocycles. The summed E-state index contributed by atoms with van der Waals surface area (Å²) in [4.78, 5) is 49.0. The van der Waals surface area contributed by atoms with Crippen LogP contribution in [-0.2, 0) is 30.5 Å². The second-order valence-electron chi connectivity index (χ2n) is 7.72. The van der Waals surface area contributed by atoms with Crippen LogP contribution in [0.1, 0.15) is 43.5 Å². The number of carboxylic acids is 1. The largest absolute Gasteiger partial charge is 0.477 e. The fraction of sp³-hybridized carbons (Fsp3) is 0.526. The van der Waals surface area contributed by atoms with Crippen LogP contribution in [0.2, 0.25) is 0 Å². The highest BCUT2D eigenvalue weighted by Gasteiger charge is 2.54. The topological polar surface area (TPSA) is 131 Å². The molecule has 0 radical (unpaired) electrons. The van der Waals surface area contributed by atoms with E-state index in [9.17, 15) is 33.1 Å². The van der Waals surface area contributed by atoms with Crippen molar-refractivity contribution in [3.63, 3.8) is 0 Å². The lowest BCUT2D eigenvalue weighted by molar-refractivity contribution is -0.151. The van der Waals surface area contributed by atoms with Crippen LogP contribution in [0, 0.1) is 0 Å². The molecule has 1 saturated heterocycles. The number of carbonyl (C=O) groups excluding carboxylic acids is 3. The molecule has 2 atom stereocenters. The van der Waals surface area contributed by atoms with Gasteiger partial charge in [0.15, 0.2) is 0 Å². The minimum Gasteiger partial charge on any atom is -0.477 e. The first-order chi connectivity index (χ1) is 15.2. The molecule has 3 aliphatic rings. The molecule has 0 unspecified atom stereocenters. The molecule has 32 heavy (non-hydrogen) atoms. The zero-order chi connectivity index (χ0) is 23.2. The minimum absolute atomic E-state index is 0.0939. The van der Waals surface area contributed by atoms with Crippen molar-refractivity contribution < 1.29 is 37.8 Å². The summed E-state index contributed by atoms with van der Waals surface area (Å²) in [6.45, 7) is 0.630. The third-order valence-electron chi connectivity index (χ3n) is 5.36. The molecule has 10 nitrogen and oxygen atoms in total. The van der Waals surface area contributed by atoms with Crippen LogP contribution in [0.25, 0.3) is 0 Å². The van der Waals surface area contributed by atoms with Gasteiger partial charge < -0.3 is 15.2 Å². The number of fused-ring (bicyclic) bond motifs is 1. The van der Waals surface area contributed by atoms with Gasteiger partial charge in [0, 0.05) is 29.9 Å². The lowest BCUT2D eigenvalue weighted by atomic mass is 10.0. The van der Waals surface area contributed by atoms with E-state index in [0.717, 1.165) is 17.7 Å². The number of ether oxygens (including phenoxy) is 1. The molecule has 3 heterocycles. The van der Waals surface area contributed by atoms with Gasteiger partial charge in [-0.1, -0.05) is 0 Å². The Kier molecular flexibility index (Phi) is 5.93. The Bertz CT molecular complexity index is 1020.